The standard InChI is InChI=1S/C13H9N3O/c17-13-15-7-9(8-16-13)10-3-1-5-12-11(10)4-2-6-14-12/h1-8H,(H,15,16,17). The molecule has 3 aromatic rings. The van der Waals surface area contributed by atoms with Crippen molar-refractivity contribution in [1.29, 1.82) is 0 Å². The predicted molar refractivity (Wildman–Crippen MR) is 65.6 cm³/mol. The minimum absolute atomic E-state index is 0.341. The maximum Gasteiger partial charge on any atom is 0.344 e. The lowest BCUT2D eigenvalue weighted by atomic mass is 10.0. The Morgan fingerprint density at radius 2 is 2.00 bits per heavy atom. The maximum absolute atomic E-state index is 10.9. The fourth-order valence-corrected chi connectivity index (χ4v) is 1.84. The number of rotatable bonds is 1. The summed E-state index contributed by atoms with van der Waals surface area (Å²) in [5.41, 5.74) is 2.48. The number of H-pyrrole nitrogens is 1. The van der Waals surface area contributed by atoms with Crippen LogP contribution in [0.1, 0.15) is 0 Å². The second-order valence-corrected chi connectivity index (χ2v) is 3.68. The van der Waals surface area contributed by atoms with E-state index in [-0.39, 0.29) is 5.69 Å². The first-order valence-corrected chi connectivity index (χ1v) is 5.23. The molecule has 0 saturated carbocycles. The third-order valence-corrected chi connectivity index (χ3v) is 2.63. The van der Waals surface area contributed by atoms with Crippen LogP contribution in [0.2, 0.25) is 0 Å². The van der Waals surface area contributed by atoms with Gasteiger partial charge in [-0.25, -0.2) is 9.78 Å². The highest BCUT2D eigenvalue weighted by Crippen LogP contribution is 2.25. The highest BCUT2D eigenvalue weighted by Gasteiger charge is 2.03. The van der Waals surface area contributed by atoms with E-state index in [0.29, 0.717) is 0 Å². The SMILES string of the molecule is O=c1ncc(-c2cccc3ncccc23)c[nH]1. The van der Waals surface area contributed by atoms with Gasteiger partial charge < -0.3 is 4.98 Å². The number of fused-ring (bicyclic) bond motifs is 1. The highest BCUT2D eigenvalue weighted by molar-refractivity contribution is 5.94. The first-order valence-electron chi connectivity index (χ1n) is 5.23. The summed E-state index contributed by atoms with van der Waals surface area (Å²) in [5, 5.41) is 1.05. The quantitative estimate of drug-likeness (QED) is 0.686. The lowest BCUT2D eigenvalue weighted by Gasteiger charge is -2.04. The van der Waals surface area contributed by atoms with Crippen molar-refractivity contribution in [1.82, 2.24) is 15.0 Å². The molecule has 0 bridgehead atoms. The van der Waals surface area contributed by atoms with Gasteiger partial charge in [-0.15, -0.1) is 0 Å². The van der Waals surface area contributed by atoms with Crippen molar-refractivity contribution in [3.05, 3.63) is 59.4 Å². The Balaban J connectivity index is 2.30. The van der Waals surface area contributed by atoms with E-state index >= 15 is 0 Å². The van der Waals surface area contributed by atoms with Gasteiger partial charge >= 0.3 is 5.69 Å². The topological polar surface area (TPSA) is 58.6 Å². The Bertz CT molecular complexity index is 708. The average molecular weight is 223 g/mol. The second kappa shape index (κ2) is 3.83. The van der Waals surface area contributed by atoms with Crippen molar-refractivity contribution in [3.8, 4) is 11.1 Å². The molecule has 82 valence electrons. The van der Waals surface area contributed by atoms with Gasteiger partial charge in [0.15, 0.2) is 0 Å². The van der Waals surface area contributed by atoms with Crippen LogP contribution in [0.3, 0.4) is 0 Å². The van der Waals surface area contributed by atoms with E-state index in [9.17, 15) is 4.79 Å². The van der Waals surface area contributed by atoms with Crippen LogP contribution in [0.15, 0.2) is 53.7 Å². The second-order valence-electron chi connectivity index (χ2n) is 3.68. The third-order valence-electron chi connectivity index (χ3n) is 2.63. The summed E-state index contributed by atoms with van der Waals surface area (Å²) < 4.78 is 0. The van der Waals surface area contributed by atoms with Crippen LogP contribution in [0.5, 0.6) is 0 Å². The molecule has 4 nitrogen and oxygen atoms in total. The van der Waals surface area contributed by atoms with Crippen LogP contribution in [0.25, 0.3) is 22.0 Å². The number of nitrogens with zero attached hydrogens (tertiary/aromatic N) is 2. The van der Waals surface area contributed by atoms with Gasteiger partial charge in [0.25, 0.3) is 0 Å². The molecule has 0 saturated heterocycles. The summed E-state index contributed by atoms with van der Waals surface area (Å²) in [5.74, 6) is 0. The van der Waals surface area contributed by atoms with Gasteiger partial charge in [-0.1, -0.05) is 18.2 Å². The number of hydrogen-bond donors (Lipinski definition) is 1. The van der Waals surface area contributed by atoms with Crippen LogP contribution in [0, 0.1) is 0 Å². The molecule has 0 spiro atoms. The highest BCUT2D eigenvalue weighted by atomic mass is 16.1. The van der Waals surface area contributed by atoms with Crippen molar-refractivity contribution < 1.29 is 0 Å². The number of pyridine rings is 1. The fourth-order valence-electron chi connectivity index (χ4n) is 1.84. The monoisotopic (exact) mass is 223 g/mol. The van der Waals surface area contributed by atoms with E-state index in [1.54, 1.807) is 18.6 Å². The smallest absolute Gasteiger partial charge is 0.312 e. The van der Waals surface area contributed by atoms with E-state index in [1.165, 1.54) is 0 Å². The zero-order valence-corrected chi connectivity index (χ0v) is 8.92. The van der Waals surface area contributed by atoms with Gasteiger partial charge in [0, 0.05) is 29.5 Å². The van der Waals surface area contributed by atoms with Gasteiger partial charge in [0.05, 0.1) is 5.52 Å². The summed E-state index contributed by atoms with van der Waals surface area (Å²) in [6.45, 7) is 0. The zero-order valence-electron chi connectivity index (χ0n) is 8.92. The first kappa shape index (κ1) is 9.72. The molecule has 0 aliphatic rings. The van der Waals surface area contributed by atoms with Crippen molar-refractivity contribution in [3.63, 3.8) is 0 Å². The number of nitrogens with one attached hydrogen (secondary N) is 1. The van der Waals surface area contributed by atoms with E-state index < -0.39 is 0 Å². The Labute approximate surface area is 97.0 Å². The largest absolute Gasteiger partial charge is 0.344 e. The van der Waals surface area contributed by atoms with Crippen LogP contribution in [0.4, 0.5) is 0 Å². The molecule has 0 aliphatic carbocycles. The minimum Gasteiger partial charge on any atom is -0.312 e. The molecule has 17 heavy (non-hydrogen) atoms. The van der Waals surface area contributed by atoms with Crippen molar-refractivity contribution >= 4 is 10.9 Å². The summed E-state index contributed by atoms with van der Waals surface area (Å²) >= 11 is 0. The van der Waals surface area contributed by atoms with Crippen molar-refractivity contribution in [2.75, 3.05) is 0 Å². The van der Waals surface area contributed by atoms with Crippen molar-refractivity contribution in [2.24, 2.45) is 0 Å². The molecule has 0 radical (unpaired) electrons. The number of benzene rings is 1. The molecule has 0 fully saturated rings. The Morgan fingerprint density at radius 1 is 1.06 bits per heavy atom. The molecule has 0 unspecified atom stereocenters. The molecule has 3 rings (SSSR count). The Hall–Kier alpha value is -2.49. The molecular weight excluding hydrogens is 214 g/mol. The van der Waals surface area contributed by atoms with E-state index in [0.717, 1.165) is 22.0 Å². The summed E-state index contributed by atoms with van der Waals surface area (Å²) in [7, 11) is 0. The number of aromatic nitrogens is 3. The molecule has 1 N–H and O–H groups in total. The molecule has 0 aliphatic heterocycles. The zero-order chi connectivity index (χ0) is 11.7. The maximum atomic E-state index is 10.9. The van der Waals surface area contributed by atoms with Crippen LogP contribution in [-0.2, 0) is 0 Å². The molecule has 0 amide bonds. The van der Waals surface area contributed by atoms with Crippen LogP contribution in [-0.4, -0.2) is 15.0 Å². The average Bonchev–Trinajstić information content (AvgIpc) is 2.39. The van der Waals surface area contributed by atoms with Crippen LogP contribution >= 0.6 is 0 Å². The fraction of sp³-hybridized carbons (Fsp3) is 0. The lowest BCUT2D eigenvalue weighted by Crippen LogP contribution is -2.07. The normalized spacial score (nSPS) is 10.6. The molecule has 0 atom stereocenters. The van der Waals surface area contributed by atoms with E-state index in [1.807, 2.05) is 30.3 Å². The lowest BCUT2D eigenvalue weighted by molar-refractivity contribution is 1.08. The number of hydrogen-bond acceptors (Lipinski definition) is 3. The summed E-state index contributed by atoms with van der Waals surface area (Å²) in [6, 6.07) is 9.78. The van der Waals surface area contributed by atoms with Gasteiger partial charge in [-0.2, -0.15) is 0 Å². The van der Waals surface area contributed by atoms with Gasteiger partial charge in [0.1, 0.15) is 0 Å². The predicted octanol–water partition coefficient (Wildman–Crippen LogP) is 1.99. The third kappa shape index (κ3) is 1.69. The number of aromatic amines is 1. The molecule has 1 aromatic carbocycles. The Morgan fingerprint density at radius 3 is 2.82 bits per heavy atom. The summed E-state index contributed by atoms with van der Waals surface area (Å²) in [6.07, 6.45) is 4.99. The van der Waals surface area contributed by atoms with Crippen molar-refractivity contribution in [2.45, 2.75) is 0 Å². The first-order chi connectivity index (χ1) is 8.34. The van der Waals surface area contributed by atoms with E-state index in [4.69, 9.17) is 0 Å². The molecule has 2 heterocycles. The molecule has 2 aromatic heterocycles. The van der Waals surface area contributed by atoms with Gasteiger partial charge in [-0.05, 0) is 17.7 Å². The summed E-state index contributed by atoms with van der Waals surface area (Å²) in [4.78, 5) is 21.5. The van der Waals surface area contributed by atoms with Gasteiger partial charge in [-0.3, -0.25) is 4.98 Å². The molecule has 4 heteroatoms. The van der Waals surface area contributed by atoms with Gasteiger partial charge in [0.2, 0.25) is 0 Å². The van der Waals surface area contributed by atoms with E-state index in [2.05, 4.69) is 15.0 Å². The van der Waals surface area contributed by atoms with Crippen LogP contribution < -0.4 is 5.69 Å². The minimum atomic E-state index is -0.341. The molecular formula is C13H9N3O. The Kier molecular flexibility index (Phi) is 2.19.